The minimum atomic E-state index is -0.365. The Balaban J connectivity index is 1.36. The van der Waals surface area contributed by atoms with Crippen molar-refractivity contribution >= 4 is 16.8 Å². The third kappa shape index (κ3) is 3.74. The summed E-state index contributed by atoms with van der Waals surface area (Å²) in [6, 6.07) is 16.8. The van der Waals surface area contributed by atoms with Crippen LogP contribution in [0.25, 0.3) is 22.2 Å². The molecule has 1 atom stereocenters. The molecular formula is C24H21FN4O2. The van der Waals surface area contributed by atoms with Crippen LogP contribution >= 0.6 is 0 Å². The van der Waals surface area contributed by atoms with E-state index < -0.39 is 0 Å². The van der Waals surface area contributed by atoms with E-state index in [0.29, 0.717) is 11.3 Å². The first-order valence-electron chi connectivity index (χ1n) is 10.3. The molecule has 0 unspecified atom stereocenters. The van der Waals surface area contributed by atoms with Crippen molar-refractivity contribution in [1.82, 2.24) is 20.1 Å². The summed E-state index contributed by atoms with van der Waals surface area (Å²) in [5.41, 5.74) is 4.17. The standard InChI is InChI=1S/C24H21FN4O2/c25-16-10-8-15(9-11-16)19-12-13-23(31)29(28-19)14-22(30)26-21-7-3-5-18-17-4-1-2-6-20(17)27-24(18)21/h1-2,4,6,8-13,21,27H,3,5,7,14H2,(H,26,30)/t21-/m0/s1. The topological polar surface area (TPSA) is 79.8 Å². The van der Waals surface area contributed by atoms with E-state index in [1.807, 2.05) is 18.2 Å². The molecule has 5 rings (SSSR count). The second-order valence-electron chi connectivity index (χ2n) is 7.80. The zero-order chi connectivity index (χ0) is 21.4. The summed E-state index contributed by atoms with van der Waals surface area (Å²) < 4.78 is 14.3. The minimum Gasteiger partial charge on any atom is -0.356 e. The Kier molecular flexibility index (Phi) is 4.86. The predicted molar refractivity (Wildman–Crippen MR) is 116 cm³/mol. The van der Waals surface area contributed by atoms with Gasteiger partial charge in [0.25, 0.3) is 5.56 Å². The van der Waals surface area contributed by atoms with Crippen molar-refractivity contribution < 1.29 is 9.18 Å². The van der Waals surface area contributed by atoms with E-state index >= 15 is 0 Å². The third-order valence-electron chi connectivity index (χ3n) is 5.75. The maximum atomic E-state index is 13.2. The summed E-state index contributed by atoms with van der Waals surface area (Å²) in [6.45, 7) is -0.181. The van der Waals surface area contributed by atoms with Crippen LogP contribution in [-0.4, -0.2) is 20.7 Å². The van der Waals surface area contributed by atoms with Gasteiger partial charge in [-0.25, -0.2) is 9.07 Å². The highest BCUT2D eigenvalue weighted by atomic mass is 19.1. The van der Waals surface area contributed by atoms with Crippen molar-refractivity contribution in [2.24, 2.45) is 0 Å². The van der Waals surface area contributed by atoms with Crippen LogP contribution in [0.4, 0.5) is 4.39 Å². The molecule has 0 saturated carbocycles. The van der Waals surface area contributed by atoms with Gasteiger partial charge in [0.05, 0.1) is 11.7 Å². The fraction of sp³-hybridized carbons (Fsp3) is 0.208. The molecule has 7 heteroatoms. The van der Waals surface area contributed by atoms with Crippen LogP contribution in [0.3, 0.4) is 0 Å². The predicted octanol–water partition coefficient (Wildman–Crippen LogP) is 3.72. The summed E-state index contributed by atoms with van der Waals surface area (Å²) >= 11 is 0. The lowest BCUT2D eigenvalue weighted by molar-refractivity contribution is -0.122. The number of amides is 1. The summed E-state index contributed by atoms with van der Waals surface area (Å²) in [6.07, 6.45) is 2.80. The number of aromatic nitrogens is 3. The number of carbonyl (C=O) groups is 1. The SMILES string of the molecule is O=C(Cn1nc(-c2ccc(F)cc2)ccc1=O)N[C@H]1CCCc2c1[nH]c1ccccc21. The highest BCUT2D eigenvalue weighted by molar-refractivity contribution is 5.85. The Bertz CT molecular complexity index is 1320. The average molecular weight is 416 g/mol. The van der Waals surface area contributed by atoms with Gasteiger partial charge in [0.15, 0.2) is 0 Å². The van der Waals surface area contributed by atoms with Crippen LogP contribution in [0.2, 0.25) is 0 Å². The number of hydrogen-bond acceptors (Lipinski definition) is 3. The smallest absolute Gasteiger partial charge is 0.267 e. The molecule has 2 heterocycles. The molecule has 0 saturated heterocycles. The van der Waals surface area contributed by atoms with E-state index in [0.717, 1.165) is 35.2 Å². The van der Waals surface area contributed by atoms with Crippen molar-refractivity contribution in [3.8, 4) is 11.3 Å². The molecule has 0 radical (unpaired) electrons. The van der Waals surface area contributed by atoms with Crippen LogP contribution in [0.15, 0.2) is 65.5 Å². The summed E-state index contributed by atoms with van der Waals surface area (Å²) in [4.78, 5) is 28.5. The van der Waals surface area contributed by atoms with Crippen molar-refractivity contribution in [2.75, 3.05) is 0 Å². The van der Waals surface area contributed by atoms with Gasteiger partial charge >= 0.3 is 0 Å². The van der Waals surface area contributed by atoms with Gasteiger partial charge in [0.1, 0.15) is 12.4 Å². The van der Waals surface area contributed by atoms with Crippen molar-refractivity contribution in [1.29, 1.82) is 0 Å². The molecule has 1 aliphatic rings. The quantitative estimate of drug-likeness (QED) is 0.532. The number of nitrogens with zero attached hydrogens (tertiary/aromatic N) is 2. The number of benzene rings is 2. The van der Waals surface area contributed by atoms with E-state index in [2.05, 4.69) is 21.5 Å². The molecule has 1 amide bonds. The molecule has 0 fully saturated rings. The van der Waals surface area contributed by atoms with Crippen LogP contribution in [-0.2, 0) is 17.8 Å². The highest BCUT2D eigenvalue weighted by Gasteiger charge is 2.25. The maximum absolute atomic E-state index is 13.2. The zero-order valence-corrected chi connectivity index (χ0v) is 16.8. The monoisotopic (exact) mass is 416 g/mol. The number of rotatable bonds is 4. The lowest BCUT2D eigenvalue weighted by atomic mass is 9.91. The molecule has 0 spiro atoms. The molecular weight excluding hydrogens is 395 g/mol. The number of nitrogens with one attached hydrogen (secondary N) is 2. The number of hydrogen-bond donors (Lipinski definition) is 2. The van der Waals surface area contributed by atoms with E-state index in [-0.39, 0.29) is 29.9 Å². The van der Waals surface area contributed by atoms with Crippen molar-refractivity contribution in [3.05, 3.63) is 88.1 Å². The largest absolute Gasteiger partial charge is 0.356 e. The number of para-hydroxylation sites is 1. The van der Waals surface area contributed by atoms with Gasteiger partial charge in [-0.2, -0.15) is 5.10 Å². The van der Waals surface area contributed by atoms with Gasteiger partial charge in [-0.15, -0.1) is 0 Å². The van der Waals surface area contributed by atoms with Gasteiger partial charge in [-0.05, 0) is 61.2 Å². The van der Waals surface area contributed by atoms with E-state index in [1.165, 1.54) is 29.1 Å². The van der Waals surface area contributed by atoms with Crippen molar-refractivity contribution in [2.45, 2.75) is 31.8 Å². The Labute approximate surface area is 177 Å². The average Bonchev–Trinajstić information content (AvgIpc) is 3.16. The van der Waals surface area contributed by atoms with Crippen molar-refractivity contribution in [3.63, 3.8) is 0 Å². The van der Waals surface area contributed by atoms with E-state index in [9.17, 15) is 14.0 Å². The summed E-state index contributed by atoms with van der Waals surface area (Å²) in [7, 11) is 0. The molecule has 2 aromatic carbocycles. The molecule has 31 heavy (non-hydrogen) atoms. The first kappa shape index (κ1) is 19.2. The molecule has 2 aromatic heterocycles. The third-order valence-corrected chi connectivity index (χ3v) is 5.75. The molecule has 0 bridgehead atoms. The van der Waals surface area contributed by atoms with Crippen LogP contribution in [0, 0.1) is 5.82 Å². The second-order valence-corrected chi connectivity index (χ2v) is 7.80. The Morgan fingerprint density at radius 2 is 1.94 bits per heavy atom. The number of H-pyrrole nitrogens is 1. The summed E-state index contributed by atoms with van der Waals surface area (Å²) in [5.74, 6) is -0.623. The highest BCUT2D eigenvalue weighted by Crippen LogP contribution is 2.34. The number of fused-ring (bicyclic) bond motifs is 3. The summed E-state index contributed by atoms with van der Waals surface area (Å²) in [5, 5.41) is 8.55. The lowest BCUT2D eigenvalue weighted by Crippen LogP contribution is -2.36. The van der Waals surface area contributed by atoms with Gasteiger partial charge in [0.2, 0.25) is 5.91 Å². The Morgan fingerprint density at radius 3 is 2.77 bits per heavy atom. The molecule has 6 nitrogen and oxygen atoms in total. The van der Waals surface area contributed by atoms with Gasteiger partial charge in [-0.1, -0.05) is 18.2 Å². The van der Waals surface area contributed by atoms with Crippen LogP contribution in [0.1, 0.15) is 30.1 Å². The second kappa shape index (κ2) is 7.83. The van der Waals surface area contributed by atoms with E-state index in [1.54, 1.807) is 18.2 Å². The molecule has 4 aromatic rings. The first-order valence-corrected chi connectivity index (χ1v) is 10.3. The molecule has 1 aliphatic carbocycles. The molecule has 156 valence electrons. The molecule has 0 aliphatic heterocycles. The fourth-order valence-electron chi connectivity index (χ4n) is 4.27. The van der Waals surface area contributed by atoms with Crippen LogP contribution < -0.4 is 10.9 Å². The maximum Gasteiger partial charge on any atom is 0.267 e. The first-order chi connectivity index (χ1) is 15.1. The number of halogens is 1. The number of aryl methyl sites for hydroxylation is 1. The number of carbonyl (C=O) groups excluding carboxylic acids is 1. The fourth-order valence-corrected chi connectivity index (χ4v) is 4.27. The Hall–Kier alpha value is -3.74. The Morgan fingerprint density at radius 1 is 1.13 bits per heavy atom. The van der Waals surface area contributed by atoms with E-state index in [4.69, 9.17) is 0 Å². The van der Waals surface area contributed by atoms with Crippen LogP contribution in [0.5, 0.6) is 0 Å². The van der Waals surface area contributed by atoms with Gasteiger partial charge in [-0.3, -0.25) is 9.59 Å². The molecule has 2 N–H and O–H groups in total. The normalized spacial score (nSPS) is 15.6. The van der Waals surface area contributed by atoms with Gasteiger partial charge in [0, 0.05) is 28.2 Å². The minimum absolute atomic E-state index is 0.125. The zero-order valence-electron chi connectivity index (χ0n) is 16.8. The van der Waals surface area contributed by atoms with Gasteiger partial charge < -0.3 is 10.3 Å². The number of aromatic amines is 1. The lowest BCUT2D eigenvalue weighted by Gasteiger charge is -2.24.